The fraction of sp³-hybridized carbons (Fsp3) is 0.444. The minimum atomic E-state index is 0.0214. The monoisotopic (exact) mass is 329 g/mol. The van der Waals surface area contributed by atoms with Crippen molar-refractivity contribution in [2.24, 2.45) is 0 Å². The number of nitrogens with one attached hydrogen (secondary N) is 1. The van der Waals surface area contributed by atoms with Crippen LogP contribution >= 0.6 is 0 Å². The number of hydrogen-bond acceptors (Lipinski definition) is 5. The lowest BCUT2D eigenvalue weighted by molar-refractivity contribution is 0.0761. The van der Waals surface area contributed by atoms with E-state index in [9.17, 15) is 4.79 Å². The van der Waals surface area contributed by atoms with Gasteiger partial charge in [-0.25, -0.2) is 0 Å². The maximum absolute atomic E-state index is 12.9. The Morgan fingerprint density at radius 2 is 2.12 bits per heavy atom. The lowest BCUT2D eigenvalue weighted by atomic mass is 10.1. The SMILES string of the molecule is Cc1noc(C)c1COc1ccccc1C(=O)N1CCCNCC1. The zero-order valence-electron chi connectivity index (χ0n) is 14.2. The van der Waals surface area contributed by atoms with Crippen LogP contribution in [0.1, 0.15) is 33.8 Å². The Labute approximate surface area is 141 Å². The van der Waals surface area contributed by atoms with Crippen molar-refractivity contribution in [1.82, 2.24) is 15.4 Å². The summed E-state index contributed by atoms with van der Waals surface area (Å²) in [7, 11) is 0. The lowest BCUT2D eigenvalue weighted by Gasteiger charge is -2.21. The molecule has 0 radical (unpaired) electrons. The first-order valence-corrected chi connectivity index (χ1v) is 8.30. The Kier molecular flexibility index (Phi) is 5.15. The lowest BCUT2D eigenvalue weighted by Crippen LogP contribution is -2.34. The van der Waals surface area contributed by atoms with E-state index in [1.165, 1.54) is 0 Å². The van der Waals surface area contributed by atoms with Gasteiger partial charge in [0.05, 0.1) is 16.8 Å². The molecule has 0 unspecified atom stereocenters. The second-order valence-electron chi connectivity index (χ2n) is 5.98. The van der Waals surface area contributed by atoms with Crippen LogP contribution in [0, 0.1) is 13.8 Å². The van der Waals surface area contributed by atoms with Crippen LogP contribution in [0.5, 0.6) is 5.75 Å². The summed E-state index contributed by atoms with van der Waals surface area (Å²) in [5, 5.41) is 7.24. The van der Waals surface area contributed by atoms with Crippen LogP contribution in [0.15, 0.2) is 28.8 Å². The molecule has 6 heteroatoms. The van der Waals surface area contributed by atoms with E-state index in [1.54, 1.807) is 0 Å². The fourth-order valence-electron chi connectivity index (χ4n) is 2.85. The van der Waals surface area contributed by atoms with E-state index in [2.05, 4.69) is 10.5 Å². The smallest absolute Gasteiger partial charge is 0.257 e. The third kappa shape index (κ3) is 3.59. The Bertz CT molecular complexity index is 684. The Morgan fingerprint density at radius 1 is 1.29 bits per heavy atom. The van der Waals surface area contributed by atoms with Crippen LogP contribution in [0.2, 0.25) is 0 Å². The predicted molar refractivity (Wildman–Crippen MR) is 90.1 cm³/mol. The maximum atomic E-state index is 12.9. The van der Waals surface area contributed by atoms with Crippen LogP contribution in [-0.2, 0) is 6.61 Å². The van der Waals surface area contributed by atoms with Gasteiger partial charge in [-0.15, -0.1) is 0 Å². The van der Waals surface area contributed by atoms with E-state index >= 15 is 0 Å². The van der Waals surface area contributed by atoms with Crippen molar-refractivity contribution >= 4 is 5.91 Å². The van der Waals surface area contributed by atoms with E-state index in [0.29, 0.717) is 17.9 Å². The molecular weight excluding hydrogens is 306 g/mol. The van der Waals surface area contributed by atoms with Gasteiger partial charge in [-0.1, -0.05) is 17.3 Å². The molecule has 0 spiro atoms. The van der Waals surface area contributed by atoms with Gasteiger partial charge >= 0.3 is 0 Å². The molecule has 1 amide bonds. The summed E-state index contributed by atoms with van der Waals surface area (Å²) in [4.78, 5) is 14.7. The molecule has 2 aromatic rings. The summed E-state index contributed by atoms with van der Waals surface area (Å²) in [6.07, 6.45) is 0.966. The Balaban J connectivity index is 1.76. The fourth-order valence-corrected chi connectivity index (χ4v) is 2.85. The van der Waals surface area contributed by atoms with Gasteiger partial charge in [-0.3, -0.25) is 4.79 Å². The number of carbonyl (C=O) groups is 1. The molecule has 3 rings (SSSR count). The molecule has 0 bridgehead atoms. The maximum Gasteiger partial charge on any atom is 0.257 e. The highest BCUT2D eigenvalue weighted by Crippen LogP contribution is 2.23. The summed E-state index contributed by atoms with van der Waals surface area (Å²) in [6, 6.07) is 7.40. The Hall–Kier alpha value is -2.34. The van der Waals surface area contributed by atoms with Crippen molar-refractivity contribution in [3.05, 3.63) is 46.8 Å². The summed E-state index contributed by atoms with van der Waals surface area (Å²) >= 11 is 0. The Morgan fingerprint density at radius 3 is 2.92 bits per heavy atom. The van der Waals surface area contributed by atoms with E-state index < -0.39 is 0 Å². The molecule has 2 heterocycles. The van der Waals surface area contributed by atoms with Crippen LogP contribution in [0.25, 0.3) is 0 Å². The standard InChI is InChI=1S/C18H23N3O3/c1-13-16(14(2)24-20-13)12-23-17-7-4-3-6-15(17)18(22)21-10-5-8-19-9-11-21/h3-4,6-7,19H,5,8-12H2,1-2H3. The van der Waals surface area contributed by atoms with E-state index in [1.807, 2.05) is 43.0 Å². The molecule has 1 fully saturated rings. The van der Waals surface area contributed by atoms with Crippen LogP contribution in [0.4, 0.5) is 0 Å². The van der Waals surface area contributed by atoms with Crippen molar-refractivity contribution in [3.8, 4) is 5.75 Å². The molecular formula is C18H23N3O3. The molecule has 1 saturated heterocycles. The normalized spacial score (nSPS) is 15.2. The van der Waals surface area contributed by atoms with Crippen LogP contribution in [-0.4, -0.2) is 42.1 Å². The number of ether oxygens (including phenoxy) is 1. The molecule has 1 aliphatic rings. The highest BCUT2D eigenvalue weighted by atomic mass is 16.5. The zero-order valence-corrected chi connectivity index (χ0v) is 14.2. The molecule has 0 atom stereocenters. The van der Waals surface area contributed by atoms with E-state index in [-0.39, 0.29) is 5.91 Å². The largest absolute Gasteiger partial charge is 0.488 e. The molecule has 6 nitrogen and oxygen atoms in total. The van der Waals surface area contributed by atoms with Crippen molar-refractivity contribution in [2.45, 2.75) is 26.9 Å². The zero-order chi connectivity index (χ0) is 16.9. The third-order valence-electron chi connectivity index (χ3n) is 4.30. The molecule has 1 aliphatic heterocycles. The van der Waals surface area contributed by atoms with Crippen molar-refractivity contribution < 1.29 is 14.1 Å². The predicted octanol–water partition coefficient (Wildman–Crippen LogP) is 2.31. The molecule has 24 heavy (non-hydrogen) atoms. The van der Waals surface area contributed by atoms with Crippen LogP contribution in [0.3, 0.4) is 0 Å². The second-order valence-corrected chi connectivity index (χ2v) is 5.98. The van der Waals surface area contributed by atoms with Crippen molar-refractivity contribution in [3.63, 3.8) is 0 Å². The first kappa shape index (κ1) is 16.5. The highest BCUT2D eigenvalue weighted by molar-refractivity contribution is 5.97. The number of rotatable bonds is 4. The molecule has 1 aromatic carbocycles. The number of carbonyl (C=O) groups excluding carboxylic acids is 1. The molecule has 0 aliphatic carbocycles. The van der Waals surface area contributed by atoms with Gasteiger partial charge in [0.15, 0.2) is 0 Å². The van der Waals surface area contributed by atoms with Gasteiger partial charge in [0.2, 0.25) is 0 Å². The molecule has 128 valence electrons. The minimum Gasteiger partial charge on any atom is -0.488 e. The average Bonchev–Trinajstić information content (AvgIpc) is 2.81. The second kappa shape index (κ2) is 7.49. The van der Waals surface area contributed by atoms with Gasteiger partial charge < -0.3 is 19.5 Å². The van der Waals surface area contributed by atoms with Crippen LogP contribution < -0.4 is 10.1 Å². The third-order valence-corrected chi connectivity index (χ3v) is 4.30. The summed E-state index contributed by atoms with van der Waals surface area (Å²) in [6.45, 7) is 7.35. The number of para-hydroxylation sites is 1. The van der Waals surface area contributed by atoms with Gasteiger partial charge in [0.1, 0.15) is 18.1 Å². The topological polar surface area (TPSA) is 67.6 Å². The summed E-state index contributed by atoms with van der Waals surface area (Å²) < 4.78 is 11.1. The van der Waals surface area contributed by atoms with Crippen molar-refractivity contribution in [1.29, 1.82) is 0 Å². The number of aryl methyl sites for hydroxylation is 2. The summed E-state index contributed by atoms with van der Waals surface area (Å²) in [5.41, 5.74) is 2.34. The quantitative estimate of drug-likeness (QED) is 0.932. The number of aromatic nitrogens is 1. The number of benzene rings is 1. The summed E-state index contributed by atoms with van der Waals surface area (Å²) in [5.74, 6) is 1.36. The number of nitrogens with zero attached hydrogens (tertiary/aromatic N) is 2. The van der Waals surface area contributed by atoms with Gasteiger partial charge in [0, 0.05) is 19.6 Å². The molecule has 1 N–H and O–H groups in total. The minimum absolute atomic E-state index is 0.0214. The van der Waals surface area contributed by atoms with Gasteiger partial charge in [-0.2, -0.15) is 0 Å². The highest BCUT2D eigenvalue weighted by Gasteiger charge is 2.21. The molecule has 0 saturated carbocycles. The van der Waals surface area contributed by atoms with E-state index in [4.69, 9.17) is 9.26 Å². The van der Waals surface area contributed by atoms with Crippen molar-refractivity contribution in [2.75, 3.05) is 26.2 Å². The number of amides is 1. The first-order chi connectivity index (χ1) is 11.7. The van der Waals surface area contributed by atoms with Gasteiger partial charge in [0.25, 0.3) is 5.91 Å². The first-order valence-electron chi connectivity index (χ1n) is 8.30. The average molecular weight is 329 g/mol. The van der Waals surface area contributed by atoms with Gasteiger partial charge in [-0.05, 0) is 38.9 Å². The van der Waals surface area contributed by atoms with E-state index in [0.717, 1.165) is 49.6 Å². The number of hydrogen-bond donors (Lipinski definition) is 1. The molecule has 1 aromatic heterocycles.